The lowest BCUT2D eigenvalue weighted by molar-refractivity contribution is 0.491. The number of hydrazine groups is 1. The topological polar surface area (TPSA) is 64.1 Å². The van der Waals surface area contributed by atoms with Gasteiger partial charge in [-0.05, 0) is 32.4 Å². The van der Waals surface area contributed by atoms with Gasteiger partial charge in [-0.3, -0.25) is 10.8 Å². The first kappa shape index (κ1) is 12.7. The molecule has 2 aromatic heterocycles. The molecule has 0 saturated heterocycles. The van der Waals surface area contributed by atoms with E-state index in [1.54, 1.807) is 12.3 Å². The van der Waals surface area contributed by atoms with E-state index in [0.29, 0.717) is 5.56 Å². The number of aromatic nitrogens is 1. The third kappa shape index (κ3) is 2.02. The van der Waals surface area contributed by atoms with Crippen molar-refractivity contribution in [1.29, 1.82) is 0 Å². The lowest BCUT2D eigenvalue weighted by Gasteiger charge is -2.17. The highest BCUT2D eigenvalue weighted by Gasteiger charge is 2.23. The standard InChI is InChI=1S/C13H16FN3O/c1-7-8(2)18-9(3)12(7)13(17-15)10-4-5-16-6-11(10)14/h4-6,13,17H,15H2,1-3H3. The summed E-state index contributed by atoms with van der Waals surface area (Å²) in [5.41, 5.74) is 4.95. The van der Waals surface area contributed by atoms with Crippen molar-refractivity contribution in [2.24, 2.45) is 5.84 Å². The Morgan fingerprint density at radius 2 is 2.06 bits per heavy atom. The zero-order valence-electron chi connectivity index (χ0n) is 10.6. The molecule has 4 nitrogen and oxygen atoms in total. The second-order valence-corrected chi connectivity index (χ2v) is 4.25. The van der Waals surface area contributed by atoms with Gasteiger partial charge in [0.25, 0.3) is 0 Å². The Morgan fingerprint density at radius 1 is 1.33 bits per heavy atom. The van der Waals surface area contributed by atoms with Gasteiger partial charge in [-0.15, -0.1) is 0 Å². The number of hydrogen-bond acceptors (Lipinski definition) is 4. The van der Waals surface area contributed by atoms with Crippen molar-refractivity contribution in [3.63, 3.8) is 0 Å². The number of pyridine rings is 1. The van der Waals surface area contributed by atoms with Crippen molar-refractivity contribution in [2.45, 2.75) is 26.8 Å². The van der Waals surface area contributed by atoms with Gasteiger partial charge in [0.1, 0.15) is 17.3 Å². The van der Waals surface area contributed by atoms with Crippen LogP contribution in [0.3, 0.4) is 0 Å². The van der Waals surface area contributed by atoms with E-state index in [-0.39, 0.29) is 0 Å². The average Bonchev–Trinajstić information content (AvgIpc) is 2.59. The molecule has 1 atom stereocenters. The maximum atomic E-state index is 13.8. The molecule has 3 N–H and O–H groups in total. The molecule has 0 spiro atoms. The van der Waals surface area contributed by atoms with Crippen LogP contribution in [0, 0.1) is 26.6 Å². The van der Waals surface area contributed by atoms with Gasteiger partial charge in [0.2, 0.25) is 0 Å². The zero-order chi connectivity index (χ0) is 13.3. The van der Waals surface area contributed by atoms with Crippen LogP contribution in [-0.4, -0.2) is 4.98 Å². The molecule has 2 aromatic rings. The Balaban J connectivity index is 2.56. The highest BCUT2D eigenvalue weighted by molar-refractivity contribution is 5.40. The molecule has 0 amide bonds. The average molecular weight is 249 g/mol. The number of nitrogens with one attached hydrogen (secondary N) is 1. The van der Waals surface area contributed by atoms with Crippen LogP contribution in [0.5, 0.6) is 0 Å². The predicted octanol–water partition coefficient (Wildman–Crippen LogP) is 2.29. The van der Waals surface area contributed by atoms with Gasteiger partial charge in [-0.25, -0.2) is 9.82 Å². The van der Waals surface area contributed by atoms with Crippen molar-refractivity contribution in [3.8, 4) is 0 Å². The van der Waals surface area contributed by atoms with Crippen LogP contribution in [0.15, 0.2) is 22.9 Å². The Hall–Kier alpha value is -1.72. The largest absolute Gasteiger partial charge is 0.466 e. The second-order valence-electron chi connectivity index (χ2n) is 4.25. The summed E-state index contributed by atoms with van der Waals surface area (Å²) in [4.78, 5) is 3.74. The maximum Gasteiger partial charge on any atom is 0.146 e. The molecule has 0 bridgehead atoms. The van der Waals surface area contributed by atoms with Gasteiger partial charge in [-0.1, -0.05) is 0 Å². The molecule has 1 unspecified atom stereocenters. The molecule has 0 aromatic carbocycles. The van der Waals surface area contributed by atoms with E-state index in [4.69, 9.17) is 10.3 Å². The van der Waals surface area contributed by atoms with Crippen molar-refractivity contribution in [2.75, 3.05) is 0 Å². The quantitative estimate of drug-likeness (QED) is 0.647. The molecule has 0 saturated carbocycles. The fraction of sp³-hybridized carbons (Fsp3) is 0.308. The predicted molar refractivity (Wildman–Crippen MR) is 66.3 cm³/mol. The maximum absolute atomic E-state index is 13.8. The van der Waals surface area contributed by atoms with Gasteiger partial charge < -0.3 is 4.42 Å². The fourth-order valence-corrected chi connectivity index (χ4v) is 2.18. The van der Waals surface area contributed by atoms with E-state index in [9.17, 15) is 4.39 Å². The summed E-state index contributed by atoms with van der Waals surface area (Å²) < 4.78 is 19.3. The van der Waals surface area contributed by atoms with Crippen molar-refractivity contribution in [1.82, 2.24) is 10.4 Å². The van der Waals surface area contributed by atoms with Crippen LogP contribution >= 0.6 is 0 Å². The van der Waals surface area contributed by atoms with Gasteiger partial charge in [0, 0.05) is 17.3 Å². The van der Waals surface area contributed by atoms with Gasteiger partial charge >= 0.3 is 0 Å². The van der Waals surface area contributed by atoms with Gasteiger partial charge in [0.05, 0.1) is 12.2 Å². The number of nitrogens with two attached hydrogens (primary N) is 1. The van der Waals surface area contributed by atoms with Crippen LogP contribution in [0.25, 0.3) is 0 Å². The Morgan fingerprint density at radius 3 is 2.56 bits per heavy atom. The van der Waals surface area contributed by atoms with Crippen molar-refractivity contribution >= 4 is 0 Å². The van der Waals surface area contributed by atoms with Crippen molar-refractivity contribution < 1.29 is 8.81 Å². The second kappa shape index (κ2) is 4.88. The van der Waals surface area contributed by atoms with E-state index < -0.39 is 11.9 Å². The number of nitrogens with zero attached hydrogens (tertiary/aromatic N) is 1. The minimum Gasteiger partial charge on any atom is -0.466 e. The monoisotopic (exact) mass is 249 g/mol. The summed E-state index contributed by atoms with van der Waals surface area (Å²) in [6, 6.07) is 1.17. The molecule has 18 heavy (non-hydrogen) atoms. The summed E-state index contributed by atoms with van der Waals surface area (Å²) in [6.45, 7) is 5.66. The first-order chi connectivity index (χ1) is 8.56. The smallest absolute Gasteiger partial charge is 0.146 e. The lowest BCUT2D eigenvalue weighted by atomic mass is 9.96. The number of halogens is 1. The third-order valence-corrected chi connectivity index (χ3v) is 3.19. The number of furan rings is 1. The van der Waals surface area contributed by atoms with Crippen LogP contribution in [-0.2, 0) is 0 Å². The zero-order valence-corrected chi connectivity index (χ0v) is 10.6. The molecule has 96 valence electrons. The molecule has 2 heterocycles. The van der Waals surface area contributed by atoms with E-state index in [1.807, 2.05) is 20.8 Å². The van der Waals surface area contributed by atoms with Crippen LogP contribution < -0.4 is 11.3 Å². The number of aryl methyl sites for hydroxylation is 2. The fourth-order valence-electron chi connectivity index (χ4n) is 2.18. The van der Waals surface area contributed by atoms with Crippen LogP contribution in [0.4, 0.5) is 4.39 Å². The Kier molecular flexibility index (Phi) is 3.45. The third-order valence-electron chi connectivity index (χ3n) is 3.19. The van der Waals surface area contributed by atoms with Crippen LogP contribution in [0.2, 0.25) is 0 Å². The number of hydrogen-bond donors (Lipinski definition) is 2. The highest BCUT2D eigenvalue weighted by Crippen LogP contribution is 2.31. The van der Waals surface area contributed by atoms with E-state index in [2.05, 4.69) is 10.4 Å². The normalized spacial score (nSPS) is 12.7. The molecular weight excluding hydrogens is 233 g/mol. The lowest BCUT2D eigenvalue weighted by Crippen LogP contribution is -2.30. The summed E-state index contributed by atoms with van der Waals surface area (Å²) in [6.07, 6.45) is 2.72. The highest BCUT2D eigenvalue weighted by atomic mass is 19.1. The summed E-state index contributed by atoms with van der Waals surface area (Å²) >= 11 is 0. The summed E-state index contributed by atoms with van der Waals surface area (Å²) in [5, 5.41) is 0. The van der Waals surface area contributed by atoms with Crippen molar-refractivity contribution in [3.05, 3.63) is 52.5 Å². The molecule has 0 fully saturated rings. The van der Waals surface area contributed by atoms with E-state index in [0.717, 1.165) is 22.6 Å². The molecule has 2 rings (SSSR count). The minimum atomic E-state index is -0.439. The molecule has 0 radical (unpaired) electrons. The molecule has 5 heteroatoms. The first-order valence-electron chi connectivity index (χ1n) is 5.68. The Labute approximate surface area is 105 Å². The molecule has 0 aliphatic rings. The SMILES string of the molecule is Cc1oc(C)c(C(NN)c2ccncc2F)c1C. The van der Waals surface area contributed by atoms with E-state index in [1.165, 1.54) is 6.20 Å². The van der Waals surface area contributed by atoms with Gasteiger partial charge in [0.15, 0.2) is 0 Å². The first-order valence-corrected chi connectivity index (χ1v) is 5.68. The van der Waals surface area contributed by atoms with E-state index >= 15 is 0 Å². The minimum absolute atomic E-state index is 0.391. The molecule has 0 aliphatic heterocycles. The molecular formula is C13H16FN3O. The van der Waals surface area contributed by atoms with Gasteiger partial charge in [-0.2, -0.15) is 0 Å². The summed E-state index contributed by atoms with van der Waals surface area (Å²) in [7, 11) is 0. The Bertz CT molecular complexity index is 565. The summed E-state index contributed by atoms with van der Waals surface area (Å²) in [5.74, 6) is 6.74. The van der Waals surface area contributed by atoms with Crippen LogP contribution in [0.1, 0.15) is 34.3 Å². The molecule has 0 aliphatic carbocycles. The number of rotatable bonds is 3.